The van der Waals surface area contributed by atoms with Crippen molar-refractivity contribution in [2.75, 3.05) is 40.4 Å². The lowest BCUT2D eigenvalue weighted by atomic mass is 9.60. The van der Waals surface area contributed by atoms with Gasteiger partial charge in [-0.1, -0.05) is 42.5 Å². The first-order valence-corrected chi connectivity index (χ1v) is 12.3. The number of fused-ring (bicyclic) bond motifs is 2. The molecule has 190 valence electrons. The van der Waals surface area contributed by atoms with Crippen LogP contribution < -0.4 is 9.47 Å². The molecule has 2 bridgehead atoms. The van der Waals surface area contributed by atoms with Crippen LogP contribution in [0.2, 0.25) is 0 Å². The molecule has 37 heavy (non-hydrogen) atoms. The third-order valence-electron chi connectivity index (χ3n) is 7.52. The van der Waals surface area contributed by atoms with E-state index in [0.29, 0.717) is 22.6 Å². The average Bonchev–Trinajstić information content (AvgIpc) is 2.93. The summed E-state index contributed by atoms with van der Waals surface area (Å²) in [6.07, 6.45) is 0. The molecular weight excluding hydrogens is 468 g/mol. The van der Waals surface area contributed by atoms with Crippen molar-refractivity contribution in [3.63, 3.8) is 0 Å². The van der Waals surface area contributed by atoms with Crippen LogP contribution in [0.15, 0.2) is 78.9 Å². The minimum Gasteiger partial charge on any atom is -0.497 e. The Morgan fingerprint density at radius 1 is 0.703 bits per heavy atom. The Labute approximate surface area is 216 Å². The number of nitrogens with zero attached hydrogens (tertiary/aromatic N) is 2. The van der Waals surface area contributed by atoms with E-state index >= 15 is 0 Å². The van der Waals surface area contributed by atoms with Gasteiger partial charge in [-0.2, -0.15) is 0 Å². The van der Waals surface area contributed by atoms with Gasteiger partial charge in [-0.3, -0.25) is 14.4 Å². The molecule has 0 unspecified atom stereocenters. The van der Waals surface area contributed by atoms with Crippen molar-refractivity contribution in [1.29, 1.82) is 0 Å². The highest BCUT2D eigenvalue weighted by Gasteiger charge is 2.60. The SMILES string of the molecule is COc1cccc(C(=O)N2CC3(C)CN(C(=O)c4cccc(OC)c4)CC(c4ccccc4)(C2)C3=O)c1. The number of hydrogen-bond acceptors (Lipinski definition) is 5. The molecule has 3 aromatic carbocycles. The molecule has 2 aliphatic rings. The Hall–Kier alpha value is -4.13. The van der Waals surface area contributed by atoms with Gasteiger partial charge in [-0.15, -0.1) is 0 Å². The molecule has 5 rings (SSSR count). The van der Waals surface area contributed by atoms with Crippen molar-refractivity contribution >= 4 is 17.6 Å². The highest BCUT2D eigenvalue weighted by molar-refractivity contribution is 6.03. The molecule has 7 nitrogen and oxygen atoms in total. The Morgan fingerprint density at radius 3 is 1.65 bits per heavy atom. The minimum atomic E-state index is -1.05. The topological polar surface area (TPSA) is 76.2 Å². The monoisotopic (exact) mass is 498 g/mol. The fraction of sp³-hybridized carbons (Fsp3) is 0.300. The average molecular weight is 499 g/mol. The lowest BCUT2D eigenvalue weighted by molar-refractivity contribution is -0.146. The lowest BCUT2D eigenvalue weighted by Gasteiger charge is -2.56. The van der Waals surface area contributed by atoms with Gasteiger partial charge >= 0.3 is 0 Å². The number of ether oxygens (including phenoxy) is 2. The first-order chi connectivity index (χ1) is 17.8. The zero-order valence-corrected chi connectivity index (χ0v) is 21.3. The van der Waals surface area contributed by atoms with E-state index in [1.54, 1.807) is 72.6 Å². The van der Waals surface area contributed by atoms with Gasteiger partial charge in [0, 0.05) is 37.3 Å². The van der Waals surface area contributed by atoms with Crippen molar-refractivity contribution in [3.8, 4) is 11.5 Å². The molecule has 0 saturated carbocycles. The summed E-state index contributed by atoms with van der Waals surface area (Å²) in [4.78, 5) is 45.1. The van der Waals surface area contributed by atoms with Crippen molar-refractivity contribution < 1.29 is 23.9 Å². The molecule has 2 aliphatic heterocycles. The maximum absolute atomic E-state index is 14.1. The Kier molecular flexibility index (Phi) is 6.23. The molecule has 0 radical (unpaired) electrons. The van der Waals surface area contributed by atoms with Crippen LogP contribution in [0.5, 0.6) is 11.5 Å². The van der Waals surface area contributed by atoms with Crippen LogP contribution in [-0.2, 0) is 10.2 Å². The van der Waals surface area contributed by atoms with Crippen LogP contribution in [0.1, 0.15) is 33.2 Å². The number of carbonyl (C=O) groups is 3. The highest BCUT2D eigenvalue weighted by Crippen LogP contribution is 2.45. The fourth-order valence-corrected chi connectivity index (χ4v) is 5.81. The van der Waals surface area contributed by atoms with Crippen molar-refractivity contribution in [1.82, 2.24) is 9.80 Å². The number of likely N-dealkylation sites (tertiary alicyclic amines) is 2. The zero-order valence-electron chi connectivity index (χ0n) is 21.3. The molecule has 2 saturated heterocycles. The van der Waals surface area contributed by atoms with E-state index in [9.17, 15) is 14.4 Å². The number of methoxy groups -OCH3 is 2. The number of amides is 2. The minimum absolute atomic E-state index is 0.0654. The largest absolute Gasteiger partial charge is 0.497 e. The molecule has 2 fully saturated rings. The highest BCUT2D eigenvalue weighted by atomic mass is 16.5. The van der Waals surface area contributed by atoms with Crippen LogP contribution in [-0.4, -0.2) is 67.8 Å². The van der Waals surface area contributed by atoms with Gasteiger partial charge in [-0.25, -0.2) is 0 Å². The molecule has 0 spiro atoms. The normalized spacial score (nSPS) is 22.9. The smallest absolute Gasteiger partial charge is 0.254 e. The van der Waals surface area contributed by atoms with Gasteiger partial charge in [0.25, 0.3) is 11.8 Å². The lowest BCUT2D eigenvalue weighted by Crippen LogP contribution is -2.72. The van der Waals surface area contributed by atoms with Gasteiger partial charge in [-0.05, 0) is 48.9 Å². The number of rotatable bonds is 5. The molecule has 3 aromatic rings. The van der Waals surface area contributed by atoms with Gasteiger partial charge in [0.2, 0.25) is 0 Å². The molecule has 0 N–H and O–H groups in total. The second-order valence-corrected chi connectivity index (χ2v) is 10.1. The summed E-state index contributed by atoms with van der Waals surface area (Å²) in [5, 5.41) is 0. The Bertz CT molecular complexity index is 1280. The summed E-state index contributed by atoms with van der Waals surface area (Å²) < 4.78 is 10.6. The van der Waals surface area contributed by atoms with Crippen LogP contribution in [0.25, 0.3) is 0 Å². The summed E-state index contributed by atoms with van der Waals surface area (Å²) in [6, 6.07) is 23.6. The summed E-state index contributed by atoms with van der Waals surface area (Å²) >= 11 is 0. The van der Waals surface area contributed by atoms with Gasteiger partial charge in [0.05, 0.1) is 25.0 Å². The number of benzene rings is 3. The van der Waals surface area contributed by atoms with Crippen molar-refractivity contribution in [2.45, 2.75) is 12.3 Å². The zero-order chi connectivity index (χ0) is 26.2. The summed E-state index contributed by atoms with van der Waals surface area (Å²) in [7, 11) is 3.12. The standard InChI is InChI=1S/C30H30N2O5/c1-29-17-31(26(33)21-9-7-13-24(15-21)36-2)19-30(28(29)35,23-11-5-4-6-12-23)20-32(18-29)27(34)22-10-8-14-25(16-22)37-3/h4-16H,17-20H2,1-3H3. The fourth-order valence-electron chi connectivity index (χ4n) is 5.81. The van der Waals surface area contributed by atoms with E-state index in [0.717, 1.165) is 5.56 Å². The number of hydrogen-bond donors (Lipinski definition) is 0. The van der Waals surface area contributed by atoms with E-state index in [4.69, 9.17) is 9.47 Å². The molecular formula is C30H30N2O5. The van der Waals surface area contributed by atoms with Gasteiger partial charge in [0.1, 0.15) is 11.5 Å². The van der Waals surface area contributed by atoms with E-state index in [1.807, 2.05) is 37.3 Å². The number of ketones is 1. The third kappa shape index (κ3) is 4.24. The molecule has 0 aromatic heterocycles. The second kappa shape index (κ2) is 9.39. The summed E-state index contributed by atoms with van der Waals surface area (Å²) in [5.74, 6) is 0.933. The quantitative estimate of drug-likeness (QED) is 0.535. The molecule has 0 atom stereocenters. The Morgan fingerprint density at radius 2 is 1.19 bits per heavy atom. The first-order valence-electron chi connectivity index (χ1n) is 12.3. The third-order valence-corrected chi connectivity index (χ3v) is 7.52. The summed E-state index contributed by atoms with van der Waals surface area (Å²) in [5.41, 5.74) is -0.173. The maximum Gasteiger partial charge on any atom is 0.254 e. The summed E-state index contributed by atoms with van der Waals surface area (Å²) in [6.45, 7) is 2.67. The first kappa shape index (κ1) is 24.6. The van der Waals surface area contributed by atoms with Crippen LogP contribution in [0.3, 0.4) is 0 Å². The van der Waals surface area contributed by atoms with Crippen LogP contribution in [0, 0.1) is 5.41 Å². The predicted octanol–water partition coefficient (Wildman–Crippen LogP) is 3.83. The van der Waals surface area contributed by atoms with Gasteiger partial charge < -0.3 is 19.3 Å². The van der Waals surface area contributed by atoms with E-state index in [1.165, 1.54) is 0 Å². The second-order valence-electron chi connectivity index (χ2n) is 10.1. The Balaban J connectivity index is 1.55. The van der Waals surface area contributed by atoms with E-state index < -0.39 is 10.8 Å². The molecule has 0 aliphatic carbocycles. The maximum atomic E-state index is 14.1. The van der Waals surface area contributed by atoms with Crippen LogP contribution in [0.4, 0.5) is 0 Å². The molecule has 7 heteroatoms. The number of carbonyl (C=O) groups excluding carboxylic acids is 3. The predicted molar refractivity (Wildman–Crippen MR) is 139 cm³/mol. The van der Waals surface area contributed by atoms with Crippen molar-refractivity contribution in [3.05, 3.63) is 95.6 Å². The van der Waals surface area contributed by atoms with E-state index in [2.05, 4.69) is 0 Å². The number of Topliss-reactive ketones (excluding diaryl/α,β-unsaturated/α-hetero) is 1. The molecule has 2 heterocycles. The van der Waals surface area contributed by atoms with Crippen molar-refractivity contribution in [2.24, 2.45) is 5.41 Å². The van der Waals surface area contributed by atoms with E-state index in [-0.39, 0.29) is 43.8 Å². The van der Waals surface area contributed by atoms with Crippen LogP contribution >= 0.6 is 0 Å². The number of piperidine rings is 2. The van der Waals surface area contributed by atoms with Gasteiger partial charge in [0.15, 0.2) is 5.78 Å². The molecule has 2 amide bonds.